The monoisotopic (exact) mass is 298 g/mol. The molecule has 1 aliphatic heterocycles. The minimum absolute atomic E-state index is 0.0667. The van der Waals surface area contributed by atoms with Crippen LogP contribution in [0.1, 0.15) is 23.2 Å². The van der Waals surface area contributed by atoms with E-state index in [2.05, 4.69) is 15.9 Å². The van der Waals surface area contributed by atoms with E-state index in [1.165, 1.54) is 0 Å². The zero-order valence-corrected chi connectivity index (χ0v) is 11.0. The quantitative estimate of drug-likeness (QED) is 0.775. The largest absolute Gasteiger partial charge is 0.398 e. The number of carbonyl (C=O) groups excluding carboxylic acids is 1. The molecular weight excluding hydrogens is 284 g/mol. The maximum absolute atomic E-state index is 12.2. The summed E-state index contributed by atoms with van der Waals surface area (Å²) in [5.41, 5.74) is 6.87. The van der Waals surface area contributed by atoms with Gasteiger partial charge in [0.15, 0.2) is 0 Å². The first-order valence-corrected chi connectivity index (χ1v) is 6.39. The molecule has 1 heterocycles. The van der Waals surface area contributed by atoms with Gasteiger partial charge >= 0.3 is 0 Å². The number of piperidine rings is 1. The van der Waals surface area contributed by atoms with Crippen LogP contribution in [0.5, 0.6) is 0 Å². The Morgan fingerprint density at radius 1 is 1.53 bits per heavy atom. The molecule has 0 radical (unpaired) electrons. The first kappa shape index (κ1) is 12.4. The Hall–Kier alpha value is -1.07. The molecule has 1 atom stereocenters. The number of nitrogen functional groups attached to an aromatic ring is 1. The summed E-state index contributed by atoms with van der Waals surface area (Å²) in [5.74, 6) is -0.0667. The maximum Gasteiger partial charge on any atom is 0.254 e. The molecule has 1 unspecified atom stereocenters. The van der Waals surface area contributed by atoms with Gasteiger partial charge in [0.05, 0.1) is 6.10 Å². The van der Waals surface area contributed by atoms with Crippen molar-refractivity contribution in [1.29, 1.82) is 0 Å². The molecule has 92 valence electrons. The van der Waals surface area contributed by atoms with E-state index in [9.17, 15) is 9.90 Å². The topological polar surface area (TPSA) is 66.6 Å². The molecule has 2 rings (SSSR count). The predicted molar refractivity (Wildman–Crippen MR) is 69.7 cm³/mol. The predicted octanol–water partition coefficient (Wildman–Crippen LogP) is 1.63. The summed E-state index contributed by atoms with van der Waals surface area (Å²) < 4.78 is 0.785. The number of carbonyl (C=O) groups is 1. The van der Waals surface area contributed by atoms with Gasteiger partial charge in [-0.15, -0.1) is 0 Å². The Morgan fingerprint density at radius 3 is 2.94 bits per heavy atom. The minimum Gasteiger partial charge on any atom is -0.398 e. The van der Waals surface area contributed by atoms with Crippen LogP contribution in [-0.4, -0.2) is 35.1 Å². The first-order valence-electron chi connectivity index (χ1n) is 5.60. The lowest BCUT2D eigenvalue weighted by Gasteiger charge is -2.30. The van der Waals surface area contributed by atoms with Gasteiger partial charge in [-0.05, 0) is 47.0 Å². The summed E-state index contributed by atoms with van der Waals surface area (Å²) in [4.78, 5) is 13.8. The van der Waals surface area contributed by atoms with Crippen molar-refractivity contribution in [3.05, 3.63) is 28.2 Å². The number of nitrogens with two attached hydrogens (primary N) is 1. The van der Waals surface area contributed by atoms with Crippen LogP contribution in [0.2, 0.25) is 0 Å². The fourth-order valence-electron chi connectivity index (χ4n) is 2.00. The van der Waals surface area contributed by atoms with Crippen LogP contribution < -0.4 is 5.73 Å². The molecule has 1 aromatic carbocycles. The van der Waals surface area contributed by atoms with Crippen molar-refractivity contribution in [1.82, 2.24) is 4.90 Å². The molecule has 0 aliphatic carbocycles. The summed E-state index contributed by atoms with van der Waals surface area (Å²) in [6.45, 7) is 1.11. The average Bonchev–Trinajstić information content (AvgIpc) is 2.32. The van der Waals surface area contributed by atoms with E-state index >= 15 is 0 Å². The summed E-state index contributed by atoms with van der Waals surface area (Å²) in [6, 6.07) is 5.17. The number of β-amino-alcohol motifs (C(OH)–C–C–N with tert-alkyl or cyclic N) is 1. The Kier molecular flexibility index (Phi) is 3.69. The number of amides is 1. The van der Waals surface area contributed by atoms with E-state index in [1.807, 2.05) is 0 Å². The van der Waals surface area contributed by atoms with Gasteiger partial charge in [0.25, 0.3) is 5.91 Å². The van der Waals surface area contributed by atoms with Crippen molar-refractivity contribution >= 4 is 27.5 Å². The molecule has 5 heteroatoms. The highest BCUT2D eigenvalue weighted by molar-refractivity contribution is 9.10. The van der Waals surface area contributed by atoms with Gasteiger partial charge in [-0.3, -0.25) is 4.79 Å². The molecule has 4 nitrogen and oxygen atoms in total. The standard InChI is InChI=1S/C12H15BrN2O2/c13-10-4-3-8(6-11(10)14)12(17)15-5-1-2-9(16)7-15/h3-4,6,9,16H,1-2,5,7,14H2. The molecule has 1 aromatic rings. The summed E-state index contributed by atoms with van der Waals surface area (Å²) >= 11 is 3.29. The number of likely N-dealkylation sites (tertiary alicyclic amines) is 1. The SMILES string of the molecule is Nc1cc(C(=O)N2CCCC(O)C2)ccc1Br. The van der Waals surface area contributed by atoms with Crippen LogP contribution in [0.25, 0.3) is 0 Å². The van der Waals surface area contributed by atoms with Gasteiger partial charge in [-0.25, -0.2) is 0 Å². The summed E-state index contributed by atoms with van der Waals surface area (Å²) in [6.07, 6.45) is 1.21. The molecule has 1 fully saturated rings. The van der Waals surface area contributed by atoms with E-state index in [1.54, 1.807) is 23.1 Å². The lowest BCUT2D eigenvalue weighted by molar-refractivity contribution is 0.0474. The number of nitrogens with zero attached hydrogens (tertiary/aromatic N) is 1. The van der Waals surface area contributed by atoms with Crippen LogP contribution in [-0.2, 0) is 0 Å². The van der Waals surface area contributed by atoms with E-state index in [4.69, 9.17) is 5.73 Å². The fourth-order valence-corrected chi connectivity index (χ4v) is 2.25. The third-order valence-corrected chi connectivity index (χ3v) is 3.65. The van der Waals surface area contributed by atoms with Gasteiger partial charge in [0.2, 0.25) is 0 Å². The average molecular weight is 299 g/mol. The number of benzene rings is 1. The molecule has 3 N–H and O–H groups in total. The number of hydrogen-bond donors (Lipinski definition) is 2. The van der Waals surface area contributed by atoms with Crippen LogP contribution in [0, 0.1) is 0 Å². The second kappa shape index (κ2) is 5.06. The zero-order chi connectivity index (χ0) is 12.4. The molecule has 0 aromatic heterocycles. The third-order valence-electron chi connectivity index (χ3n) is 2.93. The van der Waals surface area contributed by atoms with Gasteiger partial charge in [-0.1, -0.05) is 0 Å². The van der Waals surface area contributed by atoms with Crippen LogP contribution in [0.15, 0.2) is 22.7 Å². The number of hydrogen-bond acceptors (Lipinski definition) is 3. The highest BCUT2D eigenvalue weighted by Crippen LogP contribution is 2.22. The van der Waals surface area contributed by atoms with Crippen molar-refractivity contribution in [2.75, 3.05) is 18.8 Å². The van der Waals surface area contributed by atoms with E-state index in [0.717, 1.165) is 17.3 Å². The van der Waals surface area contributed by atoms with Crippen molar-refractivity contribution in [3.63, 3.8) is 0 Å². The molecular formula is C12H15BrN2O2. The summed E-state index contributed by atoms with van der Waals surface area (Å²) in [5, 5.41) is 9.55. The Balaban J connectivity index is 2.15. The van der Waals surface area contributed by atoms with Crippen molar-refractivity contribution in [3.8, 4) is 0 Å². The number of aliphatic hydroxyl groups excluding tert-OH is 1. The van der Waals surface area contributed by atoms with E-state index < -0.39 is 6.10 Å². The molecule has 1 saturated heterocycles. The molecule has 0 spiro atoms. The fraction of sp³-hybridized carbons (Fsp3) is 0.417. The van der Waals surface area contributed by atoms with Crippen LogP contribution in [0.4, 0.5) is 5.69 Å². The highest BCUT2D eigenvalue weighted by atomic mass is 79.9. The normalized spacial score (nSPS) is 20.4. The second-order valence-electron chi connectivity index (χ2n) is 4.28. The van der Waals surface area contributed by atoms with Crippen molar-refractivity contribution in [2.45, 2.75) is 18.9 Å². The number of aliphatic hydroxyl groups is 1. The number of rotatable bonds is 1. The Morgan fingerprint density at radius 2 is 2.29 bits per heavy atom. The van der Waals surface area contributed by atoms with Crippen molar-refractivity contribution in [2.24, 2.45) is 0 Å². The lowest BCUT2D eigenvalue weighted by Crippen LogP contribution is -2.42. The Bertz CT molecular complexity index is 437. The van der Waals surface area contributed by atoms with Crippen LogP contribution >= 0.6 is 15.9 Å². The third kappa shape index (κ3) is 2.79. The van der Waals surface area contributed by atoms with Crippen LogP contribution in [0.3, 0.4) is 0 Å². The second-order valence-corrected chi connectivity index (χ2v) is 5.14. The molecule has 0 saturated carbocycles. The Labute approximate surface area is 109 Å². The smallest absolute Gasteiger partial charge is 0.254 e. The van der Waals surface area contributed by atoms with Gasteiger partial charge in [0.1, 0.15) is 0 Å². The molecule has 0 bridgehead atoms. The zero-order valence-electron chi connectivity index (χ0n) is 9.40. The van der Waals surface area contributed by atoms with Crippen molar-refractivity contribution < 1.29 is 9.90 Å². The lowest BCUT2D eigenvalue weighted by atomic mass is 10.1. The minimum atomic E-state index is -0.402. The van der Waals surface area contributed by atoms with Gasteiger partial charge in [-0.2, -0.15) is 0 Å². The first-order chi connectivity index (χ1) is 8.08. The van der Waals surface area contributed by atoms with Gasteiger partial charge < -0.3 is 15.7 Å². The molecule has 1 aliphatic rings. The molecule has 17 heavy (non-hydrogen) atoms. The number of halogens is 1. The highest BCUT2D eigenvalue weighted by Gasteiger charge is 2.23. The maximum atomic E-state index is 12.2. The summed E-state index contributed by atoms with van der Waals surface area (Å²) in [7, 11) is 0. The van der Waals surface area contributed by atoms with E-state index in [0.29, 0.717) is 24.3 Å². The van der Waals surface area contributed by atoms with Gasteiger partial charge in [0, 0.05) is 28.8 Å². The van der Waals surface area contributed by atoms with E-state index in [-0.39, 0.29) is 5.91 Å². The molecule has 1 amide bonds. The number of anilines is 1.